The van der Waals surface area contributed by atoms with Crippen molar-refractivity contribution in [1.82, 2.24) is 0 Å². The van der Waals surface area contributed by atoms with Crippen LogP contribution in [-0.2, 0) is 4.79 Å². The number of carbonyl (C=O) groups excluding carboxylic acids is 1. The van der Waals surface area contributed by atoms with Crippen LogP contribution in [0.15, 0.2) is 29.3 Å². The normalized spacial score (nSPS) is 18.4. The molecule has 1 saturated carbocycles. The number of Topliss-reactive ketones (excluding diaryl/α,β-unsaturated/α-hetero) is 1. The molecule has 0 bridgehead atoms. The van der Waals surface area contributed by atoms with Gasteiger partial charge in [-0.15, -0.1) is 0 Å². The van der Waals surface area contributed by atoms with Crippen LogP contribution in [0.1, 0.15) is 31.2 Å². The Bertz CT molecular complexity index is 483. The number of hydrogen-bond donors (Lipinski definition) is 0. The highest BCUT2D eigenvalue weighted by atomic mass is 16.1. The van der Waals surface area contributed by atoms with Crippen molar-refractivity contribution >= 4 is 17.2 Å². The average Bonchev–Trinajstić information content (AvgIpc) is 2.30. The highest BCUT2D eigenvalue weighted by molar-refractivity contribution is 6.05. The Kier molecular flexibility index (Phi) is 3.11. The summed E-state index contributed by atoms with van der Waals surface area (Å²) in [6, 6.07) is 9.32. The van der Waals surface area contributed by atoms with Gasteiger partial charge in [-0.3, -0.25) is 9.79 Å². The van der Waals surface area contributed by atoms with E-state index in [1.165, 1.54) is 0 Å². The van der Waals surface area contributed by atoms with E-state index in [4.69, 9.17) is 5.26 Å². The molecule has 80 valence electrons. The van der Waals surface area contributed by atoms with Gasteiger partial charge in [0.15, 0.2) is 0 Å². The molecule has 1 aliphatic carbocycles. The molecule has 3 nitrogen and oxygen atoms in total. The summed E-state index contributed by atoms with van der Waals surface area (Å²) in [5.74, 6) is 0.249. The van der Waals surface area contributed by atoms with Crippen LogP contribution in [0.5, 0.6) is 0 Å². The first-order valence-corrected chi connectivity index (χ1v) is 5.37. The Balaban J connectivity index is 2.28. The molecular weight excluding hydrogens is 200 g/mol. The van der Waals surface area contributed by atoms with Gasteiger partial charge in [0, 0.05) is 18.6 Å². The Morgan fingerprint density at radius 2 is 2.06 bits per heavy atom. The number of benzene rings is 1. The van der Waals surface area contributed by atoms with Gasteiger partial charge in [-0.2, -0.15) is 5.26 Å². The summed E-state index contributed by atoms with van der Waals surface area (Å²) < 4.78 is 0. The highest BCUT2D eigenvalue weighted by Crippen LogP contribution is 2.21. The molecule has 0 atom stereocenters. The number of nitriles is 1. The van der Waals surface area contributed by atoms with Gasteiger partial charge in [-0.25, -0.2) is 0 Å². The van der Waals surface area contributed by atoms with Gasteiger partial charge in [-0.1, -0.05) is 12.1 Å². The Hall–Kier alpha value is -1.95. The van der Waals surface area contributed by atoms with Crippen molar-refractivity contribution in [2.45, 2.75) is 25.7 Å². The van der Waals surface area contributed by atoms with E-state index in [-0.39, 0.29) is 5.78 Å². The van der Waals surface area contributed by atoms with E-state index >= 15 is 0 Å². The lowest BCUT2D eigenvalue weighted by atomic mass is 9.97. The van der Waals surface area contributed by atoms with Crippen LogP contribution in [0, 0.1) is 11.3 Å². The second kappa shape index (κ2) is 4.71. The van der Waals surface area contributed by atoms with Crippen molar-refractivity contribution < 1.29 is 4.79 Å². The molecule has 1 fully saturated rings. The van der Waals surface area contributed by atoms with Crippen molar-refractivity contribution in [3.8, 4) is 6.07 Å². The van der Waals surface area contributed by atoms with Gasteiger partial charge in [0.25, 0.3) is 0 Å². The van der Waals surface area contributed by atoms with E-state index in [2.05, 4.69) is 11.1 Å². The van der Waals surface area contributed by atoms with Gasteiger partial charge in [0.1, 0.15) is 11.9 Å². The monoisotopic (exact) mass is 212 g/mol. The molecule has 0 unspecified atom stereocenters. The zero-order chi connectivity index (χ0) is 11.4. The smallest absolute Gasteiger partial charge is 0.138 e. The lowest BCUT2D eigenvalue weighted by molar-refractivity contribution is -0.118. The fraction of sp³-hybridized carbons (Fsp3) is 0.308. The molecule has 3 heteroatoms. The maximum absolute atomic E-state index is 11.3. The van der Waals surface area contributed by atoms with Gasteiger partial charge in [-0.05, 0) is 25.0 Å². The van der Waals surface area contributed by atoms with Crippen LogP contribution >= 0.6 is 0 Å². The van der Waals surface area contributed by atoms with E-state index < -0.39 is 0 Å². The van der Waals surface area contributed by atoms with Gasteiger partial charge >= 0.3 is 0 Å². The number of rotatable bonds is 1. The first-order valence-electron chi connectivity index (χ1n) is 5.37. The molecule has 0 saturated heterocycles. The number of hydrogen-bond acceptors (Lipinski definition) is 3. The van der Waals surface area contributed by atoms with Crippen molar-refractivity contribution in [2.24, 2.45) is 4.99 Å². The maximum atomic E-state index is 11.3. The van der Waals surface area contributed by atoms with Gasteiger partial charge < -0.3 is 0 Å². The molecule has 2 rings (SSSR count). The Morgan fingerprint density at radius 3 is 2.81 bits per heavy atom. The maximum Gasteiger partial charge on any atom is 0.138 e. The van der Waals surface area contributed by atoms with Crippen LogP contribution in [0.3, 0.4) is 0 Å². The van der Waals surface area contributed by atoms with Crippen LogP contribution in [0.25, 0.3) is 0 Å². The summed E-state index contributed by atoms with van der Waals surface area (Å²) in [6.45, 7) is 0. The lowest BCUT2D eigenvalue weighted by Crippen LogP contribution is -2.14. The number of nitrogens with zero attached hydrogens (tertiary/aromatic N) is 2. The summed E-state index contributed by atoms with van der Waals surface area (Å²) in [6.07, 6.45) is 2.86. The van der Waals surface area contributed by atoms with Gasteiger partial charge in [0.2, 0.25) is 0 Å². The summed E-state index contributed by atoms with van der Waals surface area (Å²) in [5.41, 5.74) is 2.14. The SMILES string of the molecule is N#Cc1ccccc1N=C1CCCC(=O)C1. The number of aliphatic imine (C=N–C) groups is 1. The molecule has 0 heterocycles. The standard InChI is InChI=1S/C13H12N2O/c14-9-10-4-1-2-7-13(10)15-11-5-3-6-12(16)8-11/h1-2,4,7H,3,5-6,8H2. The summed E-state index contributed by atoms with van der Waals surface area (Å²) in [7, 11) is 0. The molecule has 0 spiro atoms. The topological polar surface area (TPSA) is 53.2 Å². The molecule has 1 aromatic carbocycles. The predicted octanol–water partition coefficient (Wildman–Crippen LogP) is 2.77. The lowest BCUT2D eigenvalue weighted by Gasteiger charge is -2.11. The number of carbonyl (C=O) groups is 1. The molecule has 0 aromatic heterocycles. The van der Waals surface area contributed by atoms with Crippen LogP contribution in [-0.4, -0.2) is 11.5 Å². The van der Waals surface area contributed by atoms with Crippen molar-refractivity contribution in [3.63, 3.8) is 0 Å². The van der Waals surface area contributed by atoms with E-state index in [1.807, 2.05) is 18.2 Å². The molecule has 1 aromatic rings. The van der Waals surface area contributed by atoms with Crippen molar-refractivity contribution in [1.29, 1.82) is 5.26 Å². The minimum absolute atomic E-state index is 0.249. The van der Waals surface area contributed by atoms with Crippen LogP contribution in [0.2, 0.25) is 0 Å². The van der Waals surface area contributed by atoms with Crippen LogP contribution in [0.4, 0.5) is 5.69 Å². The quantitative estimate of drug-likeness (QED) is 0.718. The zero-order valence-corrected chi connectivity index (χ0v) is 8.94. The van der Waals surface area contributed by atoms with Crippen molar-refractivity contribution in [3.05, 3.63) is 29.8 Å². The third-order valence-corrected chi connectivity index (χ3v) is 2.63. The van der Waals surface area contributed by atoms with Crippen molar-refractivity contribution in [2.75, 3.05) is 0 Å². The Morgan fingerprint density at radius 1 is 1.25 bits per heavy atom. The molecule has 16 heavy (non-hydrogen) atoms. The largest absolute Gasteiger partial charge is 0.299 e. The Labute approximate surface area is 94.4 Å². The van der Waals surface area contributed by atoms with E-state index in [9.17, 15) is 4.79 Å². The molecule has 0 N–H and O–H groups in total. The second-order valence-corrected chi connectivity index (χ2v) is 3.88. The van der Waals surface area contributed by atoms with E-state index in [1.54, 1.807) is 6.07 Å². The molecular formula is C13H12N2O. The summed E-state index contributed by atoms with van der Waals surface area (Å²) >= 11 is 0. The molecule has 0 aliphatic heterocycles. The fourth-order valence-corrected chi connectivity index (χ4v) is 1.83. The average molecular weight is 212 g/mol. The third-order valence-electron chi connectivity index (χ3n) is 2.63. The minimum Gasteiger partial charge on any atom is -0.299 e. The molecule has 1 aliphatic rings. The summed E-state index contributed by atoms with van der Waals surface area (Å²) in [4.78, 5) is 15.7. The predicted molar refractivity (Wildman–Crippen MR) is 61.7 cm³/mol. The van der Waals surface area contributed by atoms with E-state index in [0.29, 0.717) is 24.1 Å². The first-order chi connectivity index (χ1) is 7.79. The first kappa shape index (κ1) is 10.6. The third kappa shape index (κ3) is 2.34. The number of para-hydroxylation sites is 1. The molecule has 0 amide bonds. The fourth-order valence-electron chi connectivity index (χ4n) is 1.83. The zero-order valence-electron chi connectivity index (χ0n) is 8.94. The minimum atomic E-state index is 0.249. The summed E-state index contributed by atoms with van der Waals surface area (Å²) in [5, 5.41) is 8.91. The number of ketones is 1. The highest BCUT2D eigenvalue weighted by Gasteiger charge is 2.14. The van der Waals surface area contributed by atoms with E-state index in [0.717, 1.165) is 18.6 Å². The van der Waals surface area contributed by atoms with Crippen LogP contribution < -0.4 is 0 Å². The van der Waals surface area contributed by atoms with Gasteiger partial charge in [0.05, 0.1) is 11.3 Å². The molecule has 0 radical (unpaired) electrons. The second-order valence-electron chi connectivity index (χ2n) is 3.88.